The fourth-order valence-electron chi connectivity index (χ4n) is 0.978. The summed E-state index contributed by atoms with van der Waals surface area (Å²) < 4.78 is 4.51. The van der Waals surface area contributed by atoms with Crippen molar-refractivity contribution in [1.29, 1.82) is 0 Å². The van der Waals surface area contributed by atoms with Gasteiger partial charge < -0.3 is 4.74 Å². The topological polar surface area (TPSA) is 60.4 Å². The number of benzene rings is 1. The predicted molar refractivity (Wildman–Crippen MR) is 58.7 cm³/mol. The van der Waals surface area contributed by atoms with Gasteiger partial charge >= 0.3 is 5.43 Å². The summed E-state index contributed by atoms with van der Waals surface area (Å²) in [7, 11) is 0. The number of hydrogen-bond acceptors (Lipinski definition) is 4. The average Bonchev–Trinajstić information content (AvgIpc) is 2.15. The molecule has 1 aromatic carbocycles. The summed E-state index contributed by atoms with van der Waals surface area (Å²) in [6.45, 7) is 0. The summed E-state index contributed by atoms with van der Waals surface area (Å²) in [6, 6.07) is 3.59. The Morgan fingerprint density at radius 2 is 1.62 bits per heavy atom. The molecule has 0 spiro atoms. The molecule has 0 heterocycles. The van der Waals surface area contributed by atoms with Gasteiger partial charge in [0.05, 0.1) is 5.56 Å². The first-order chi connectivity index (χ1) is 7.41. The lowest BCUT2D eigenvalue weighted by molar-refractivity contribution is 0.106. The molecule has 0 N–H and O–H groups in total. The van der Waals surface area contributed by atoms with Crippen molar-refractivity contribution in [3.8, 4) is 5.75 Å². The molecule has 0 aliphatic carbocycles. The van der Waals surface area contributed by atoms with Crippen molar-refractivity contribution in [2.24, 2.45) is 0 Å². The maximum atomic E-state index is 10.9. The molecular formula is C9H3Cl3O4. The minimum absolute atomic E-state index is 0.0521. The first-order valence-electron chi connectivity index (χ1n) is 3.83. The summed E-state index contributed by atoms with van der Waals surface area (Å²) >= 11 is 15.4. The number of halogens is 3. The molecule has 0 amide bonds. The Balaban J connectivity index is 3.26. The largest absolute Gasteiger partial charge is 0.414 e. The van der Waals surface area contributed by atoms with Crippen LogP contribution in [0.3, 0.4) is 0 Å². The maximum Gasteiger partial charge on any atom is 0.409 e. The first-order valence-corrected chi connectivity index (χ1v) is 4.96. The van der Waals surface area contributed by atoms with E-state index < -0.39 is 15.9 Å². The average molecular weight is 281 g/mol. The Morgan fingerprint density at radius 3 is 2.06 bits per heavy atom. The van der Waals surface area contributed by atoms with E-state index in [4.69, 9.17) is 34.8 Å². The van der Waals surface area contributed by atoms with E-state index >= 15 is 0 Å². The Morgan fingerprint density at radius 1 is 1.00 bits per heavy atom. The third-order valence-electron chi connectivity index (χ3n) is 1.61. The van der Waals surface area contributed by atoms with E-state index in [-0.39, 0.29) is 16.9 Å². The number of rotatable bonds is 3. The first kappa shape index (κ1) is 13.0. The molecule has 0 unspecified atom stereocenters. The molecular weight excluding hydrogens is 278 g/mol. The van der Waals surface area contributed by atoms with Crippen LogP contribution in [0.2, 0.25) is 0 Å². The van der Waals surface area contributed by atoms with E-state index in [0.29, 0.717) is 0 Å². The van der Waals surface area contributed by atoms with Crippen LogP contribution in [-0.2, 0) is 0 Å². The number of carbonyl (C=O) groups excluding carboxylic acids is 3. The molecule has 0 radical (unpaired) electrons. The van der Waals surface area contributed by atoms with Crippen molar-refractivity contribution in [1.82, 2.24) is 0 Å². The van der Waals surface area contributed by atoms with Crippen molar-refractivity contribution in [3.63, 3.8) is 0 Å². The standard InChI is InChI=1S/C9H3Cl3O4/c10-7(13)4-1-2-5(8(11)14)6(3-4)16-9(12)15/h1-3H. The van der Waals surface area contributed by atoms with Crippen molar-refractivity contribution in [3.05, 3.63) is 29.3 Å². The van der Waals surface area contributed by atoms with Crippen molar-refractivity contribution >= 4 is 50.7 Å². The molecule has 1 aromatic rings. The molecule has 0 aliphatic heterocycles. The fourth-order valence-corrected chi connectivity index (χ4v) is 1.33. The molecule has 84 valence electrons. The maximum absolute atomic E-state index is 10.9. The Labute approximate surface area is 105 Å². The van der Waals surface area contributed by atoms with E-state index in [1.807, 2.05) is 0 Å². The van der Waals surface area contributed by atoms with Gasteiger partial charge in [0.15, 0.2) is 0 Å². The highest BCUT2D eigenvalue weighted by molar-refractivity contribution is 6.69. The second-order valence-electron chi connectivity index (χ2n) is 2.60. The van der Waals surface area contributed by atoms with E-state index in [9.17, 15) is 14.4 Å². The van der Waals surface area contributed by atoms with Crippen LogP contribution in [0, 0.1) is 0 Å². The van der Waals surface area contributed by atoms with Gasteiger partial charge in [0.25, 0.3) is 10.5 Å². The Bertz CT molecular complexity index is 470. The highest BCUT2D eigenvalue weighted by Gasteiger charge is 2.15. The van der Waals surface area contributed by atoms with Crippen LogP contribution in [0.5, 0.6) is 5.75 Å². The third kappa shape index (κ3) is 3.20. The van der Waals surface area contributed by atoms with E-state index in [1.54, 1.807) is 0 Å². The van der Waals surface area contributed by atoms with Gasteiger partial charge in [-0.05, 0) is 41.4 Å². The van der Waals surface area contributed by atoms with Crippen LogP contribution in [0.1, 0.15) is 20.7 Å². The minimum atomic E-state index is -1.15. The zero-order valence-corrected chi connectivity index (χ0v) is 9.77. The summed E-state index contributed by atoms with van der Waals surface area (Å²) in [5.74, 6) is -0.216. The minimum Gasteiger partial charge on any atom is -0.414 e. The monoisotopic (exact) mass is 280 g/mol. The lowest BCUT2D eigenvalue weighted by Gasteiger charge is -2.05. The molecule has 0 fully saturated rings. The summed E-state index contributed by atoms with van der Waals surface area (Å²) in [4.78, 5) is 32.3. The van der Waals surface area contributed by atoms with Gasteiger partial charge in [-0.15, -0.1) is 0 Å². The quantitative estimate of drug-likeness (QED) is 0.798. The highest BCUT2D eigenvalue weighted by Crippen LogP contribution is 2.24. The fraction of sp³-hybridized carbons (Fsp3) is 0. The van der Waals surface area contributed by atoms with Crippen LogP contribution in [0.4, 0.5) is 4.79 Å². The van der Waals surface area contributed by atoms with Crippen molar-refractivity contribution < 1.29 is 19.1 Å². The summed E-state index contributed by atoms with van der Waals surface area (Å²) in [5.41, 5.74) is -1.19. The van der Waals surface area contributed by atoms with E-state index in [1.165, 1.54) is 12.1 Å². The van der Waals surface area contributed by atoms with Crippen molar-refractivity contribution in [2.45, 2.75) is 0 Å². The van der Waals surface area contributed by atoms with Gasteiger partial charge in [-0.3, -0.25) is 9.59 Å². The van der Waals surface area contributed by atoms with Crippen LogP contribution in [0.25, 0.3) is 0 Å². The molecule has 0 aromatic heterocycles. The second kappa shape index (κ2) is 5.30. The van der Waals surface area contributed by atoms with Gasteiger partial charge in [-0.2, -0.15) is 0 Å². The zero-order valence-electron chi connectivity index (χ0n) is 7.50. The number of carbonyl (C=O) groups is 3. The molecule has 0 atom stereocenters. The van der Waals surface area contributed by atoms with E-state index in [0.717, 1.165) is 6.07 Å². The van der Waals surface area contributed by atoms with Gasteiger partial charge in [0, 0.05) is 17.2 Å². The summed E-state index contributed by atoms with van der Waals surface area (Å²) in [5, 5.41) is -1.61. The van der Waals surface area contributed by atoms with Crippen LogP contribution in [0.15, 0.2) is 18.2 Å². The summed E-state index contributed by atoms with van der Waals surface area (Å²) in [6.07, 6.45) is 0. The molecule has 0 saturated heterocycles. The molecule has 4 nitrogen and oxygen atoms in total. The SMILES string of the molecule is O=C(Cl)Oc1cc(C(=O)Cl)ccc1C(=O)Cl. The Hall–Kier alpha value is -1.10. The molecule has 0 saturated carbocycles. The highest BCUT2D eigenvalue weighted by atomic mass is 35.5. The lowest BCUT2D eigenvalue weighted by atomic mass is 10.1. The van der Waals surface area contributed by atoms with Crippen LogP contribution < -0.4 is 4.74 Å². The second-order valence-corrected chi connectivity index (χ2v) is 3.59. The van der Waals surface area contributed by atoms with Gasteiger partial charge in [-0.1, -0.05) is 0 Å². The van der Waals surface area contributed by atoms with Gasteiger partial charge in [-0.25, -0.2) is 4.79 Å². The van der Waals surface area contributed by atoms with Crippen molar-refractivity contribution in [2.75, 3.05) is 0 Å². The smallest absolute Gasteiger partial charge is 0.409 e. The Kier molecular flexibility index (Phi) is 4.29. The normalized spacial score (nSPS) is 9.69. The number of hydrogen-bond donors (Lipinski definition) is 0. The lowest BCUT2D eigenvalue weighted by Crippen LogP contribution is -2.03. The predicted octanol–water partition coefficient (Wildman–Crippen LogP) is 3.18. The molecule has 7 heteroatoms. The van der Waals surface area contributed by atoms with Crippen LogP contribution in [-0.4, -0.2) is 15.9 Å². The third-order valence-corrected chi connectivity index (χ3v) is 2.11. The van der Waals surface area contributed by atoms with Gasteiger partial charge in [0.2, 0.25) is 0 Å². The van der Waals surface area contributed by atoms with Gasteiger partial charge in [0.1, 0.15) is 5.75 Å². The zero-order chi connectivity index (χ0) is 12.3. The molecule has 16 heavy (non-hydrogen) atoms. The number of ether oxygens (including phenoxy) is 1. The molecule has 1 rings (SSSR count). The molecule has 0 aliphatic rings. The van der Waals surface area contributed by atoms with E-state index in [2.05, 4.69) is 4.74 Å². The molecule has 0 bridgehead atoms. The van der Waals surface area contributed by atoms with Crippen LogP contribution >= 0.6 is 34.8 Å².